The van der Waals surface area contributed by atoms with Crippen molar-refractivity contribution in [3.05, 3.63) is 4.88 Å². The molecule has 0 aromatic carbocycles. The molecule has 1 aromatic heterocycles. The number of ether oxygens (including phenoxy) is 1. The van der Waals surface area contributed by atoms with E-state index in [1.54, 1.807) is 0 Å². The third-order valence-corrected chi connectivity index (χ3v) is 4.85. The molecule has 1 fully saturated rings. The van der Waals surface area contributed by atoms with Gasteiger partial charge in [-0.05, 0) is 33.6 Å². The van der Waals surface area contributed by atoms with E-state index in [-0.39, 0.29) is 18.1 Å². The van der Waals surface area contributed by atoms with E-state index >= 15 is 0 Å². The quantitative estimate of drug-likeness (QED) is 0.803. The number of carbonyl (C=O) groups is 1. The Bertz CT molecular complexity index is 481. The second-order valence-electron chi connectivity index (χ2n) is 5.10. The highest BCUT2D eigenvalue weighted by molar-refractivity contribution is 7.18. The van der Waals surface area contributed by atoms with Gasteiger partial charge in [0.25, 0.3) is 5.91 Å². The van der Waals surface area contributed by atoms with Gasteiger partial charge < -0.3 is 20.7 Å². The van der Waals surface area contributed by atoms with Crippen LogP contribution in [0.2, 0.25) is 0 Å². The molecule has 7 heteroatoms. The summed E-state index contributed by atoms with van der Waals surface area (Å²) in [6.45, 7) is 8.53. The second-order valence-corrected chi connectivity index (χ2v) is 6.08. The Kier molecular flexibility index (Phi) is 5.41. The molecule has 0 bridgehead atoms. The van der Waals surface area contributed by atoms with Crippen molar-refractivity contribution in [1.82, 2.24) is 10.3 Å². The predicted molar refractivity (Wildman–Crippen MR) is 86.0 cm³/mol. The molecule has 1 saturated carbocycles. The highest BCUT2D eigenvalue weighted by atomic mass is 32.1. The van der Waals surface area contributed by atoms with E-state index < -0.39 is 0 Å². The molecule has 0 spiro atoms. The number of nitrogens with two attached hydrogens (primary N) is 1. The first-order valence-corrected chi connectivity index (χ1v) is 8.34. The van der Waals surface area contributed by atoms with Gasteiger partial charge in [0.1, 0.15) is 10.7 Å². The smallest absolute Gasteiger partial charge is 0.265 e. The molecule has 0 unspecified atom stereocenters. The van der Waals surface area contributed by atoms with Crippen molar-refractivity contribution in [3.8, 4) is 0 Å². The first kappa shape index (κ1) is 16.0. The summed E-state index contributed by atoms with van der Waals surface area (Å²) in [5.41, 5.74) is 5.89. The van der Waals surface area contributed by atoms with Gasteiger partial charge in [-0.2, -0.15) is 0 Å². The van der Waals surface area contributed by atoms with Crippen LogP contribution in [0.4, 0.5) is 10.9 Å². The Morgan fingerprint density at radius 2 is 2.10 bits per heavy atom. The van der Waals surface area contributed by atoms with Gasteiger partial charge >= 0.3 is 0 Å². The van der Waals surface area contributed by atoms with E-state index in [1.807, 2.05) is 6.92 Å². The zero-order valence-corrected chi connectivity index (χ0v) is 13.7. The molecule has 1 aliphatic rings. The van der Waals surface area contributed by atoms with Crippen LogP contribution in [-0.2, 0) is 4.74 Å². The molecule has 1 aromatic rings. The number of hydrogen-bond donors (Lipinski definition) is 2. The van der Waals surface area contributed by atoms with Gasteiger partial charge in [-0.25, -0.2) is 4.98 Å². The molecule has 2 rings (SSSR count). The number of carbonyl (C=O) groups excluding carboxylic acids is 1. The fourth-order valence-corrected chi connectivity index (χ4v) is 3.43. The highest BCUT2D eigenvalue weighted by Gasteiger charge is 2.32. The van der Waals surface area contributed by atoms with E-state index in [4.69, 9.17) is 10.5 Å². The number of aromatic nitrogens is 1. The van der Waals surface area contributed by atoms with Crippen LogP contribution in [0, 0.1) is 0 Å². The molecule has 1 heterocycles. The summed E-state index contributed by atoms with van der Waals surface area (Å²) in [4.78, 5) is 19.2. The van der Waals surface area contributed by atoms with E-state index in [9.17, 15) is 4.79 Å². The number of anilines is 2. The zero-order chi connectivity index (χ0) is 15.4. The maximum absolute atomic E-state index is 12.3. The molecule has 1 amide bonds. The standard InChI is InChI=1S/C14H24N4O2S/c1-4-18(5-2)14-17-12(15)11(21-14)13(19)16-9-7-10(8-9)20-6-3/h9-10H,4-8,15H2,1-3H3,(H,16,19). The Labute approximate surface area is 129 Å². The Morgan fingerprint density at radius 1 is 1.43 bits per heavy atom. The number of thiazole rings is 1. The Hall–Kier alpha value is -1.34. The van der Waals surface area contributed by atoms with Crippen molar-refractivity contribution in [2.45, 2.75) is 45.8 Å². The maximum atomic E-state index is 12.3. The maximum Gasteiger partial charge on any atom is 0.265 e. The molecule has 6 nitrogen and oxygen atoms in total. The molecule has 0 aliphatic heterocycles. The topological polar surface area (TPSA) is 80.5 Å². The summed E-state index contributed by atoms with van der Waals surface area (Å²) in [5, 5.41) is 3.81. The van der Waals surface area contributed by atoms with Gasteiger partial charge in [0.05, 0.1) is 6.10 Å². The summed E-state index contributed by atoms with van der Waals surface area (Å²) < 4.78 is 5.49. The largest absolute Gasteiger partial charge is 0.382 e. The lowest BCUT2D eigenvalue weighted by molar-refractivity contribution is -0.00858. The third-order valence-electron chi connectivity index (χ3n) is 3.71. The normalized spacial score (nSPS) is 20.9. The molecule has 1 aliphatic carbocycles. The summed E-state index contributed by atoms with van der Waals surface area (Å²) >= 11 is 1.36. The second kappa shape index (κ2) is 7.09. The SMILES string of the molecule is CCOC1CC(NC(=O)c2sc(N(CC)CC)nc2N)C1. The van der Waals surface area contributed by atoms with Gasteiger partial charge in [-0.15, -0.1) is 0 Å². The van der Waals surface area contributed by atoms with Gasteiger partial charge in [0, 0.05) is 25.7 Å². The lowest BCUT2D eigenvalue weighted by atomic mass is 9.89. The van der Waals surface area contributed by atoms with E-state index in [0.717, 1.165) is 37.7 Å². The molecule has 0 radical (unpaired) electrons. The molecule has 118 valence electrons. The van der Waals surface area contributed by atoms with Crippen LogP contribution >= 0.6 is 11.3 Å². The van der Waals surface area contributed by atoms with Crippen molar-refractivity contribution >= 4 is 28.2 Å². The fourth-order valence-electron chi connectivity index (χ4n) is 2.42. The summed E-state index contributed by atoms with van der Waals surface area (Å²) in [5.74, 6) is 0.198. The first-order chi connectivity index (χ1) is 10.1. The number of nitrogen functional groups attached to an aromatic ring is 1. The minimum atomic E-state index is -0.122. The summed E-state index contributed by atoms with van der Waals surface area (Å²) in [7, 11) is 0. The fraction of sp³-hybridized carbons (Fsp3) is 0.714. The van der Waals surface area contributed by atoms with Crippen molar-refractivity contribution in [3.63, 3.8) is 0 Å². The lowest BCUT2D eigenvalue weighted by Gasteiger charge is -2.35. The molecule has 0 saturated heterocycles. The highest BCUT2D eigenvalue weighted by Crippen LogP contribution is 2.29. The molecule has 0 atom stereocenters. The number of nitrogens with zero attached hydrogens (tertiary/aromatic N) is 2. The first-order valence-electron chi connectivity index (χ1n) is 7.52. The Morgan fingerprint density at radius 3 is 2.67 bits per heavy atom. The monoisotopic (exact) mass is 312 g/mol. The van der Waals surface area contributed by atoms with Crippen LogP contribution in [0.15, 0.2) is 0 Å². The summed E-state index contributed by atoms with van der Waals surface area (Å²) in [6, 6.07) is 0.187. The lowest BCUT2D eigenvalue weighted by Crippen LogP contribution is -2.47. The van der Waals surface area contributed by atoms with Gasteiger partial charge in [0.2, 0.25) is 0 Å². The van der Waals surface area contributed by atoms with Gasteiger partial charge in [0.15, 0.2) is 5.13 Å². The predicted octanol–water partition coefficient (Wildman–Crippen LogP) is 1.87. The molecular formula is C14H24N4O2S. The van der Waals surface area contributed by atoms with Gasteiger partial charge in [-0.1, -0.05) is 11.3 Å². The number of hydrogen-bond acceptors (Lipinski definition) is 6. The van der Waals surface area contributed by atoms with Crippen LogP contribution in [0.3, 0.4) is 0 Å². The van der Waals surface area contributed by atoms with Crippen LogP contribution in [0.25, 0.3) is 0 Å². The Balaban J connectivity index is 1.94. The molecule has 21 heavy (non-hydrogen) atoms. The minimum Gasteiger partial charge on any atom is -0.382 e. The minimum absolute atomic E-state index is 0.122. The van der Waals surface area contributed by atoms with Crippen LogP contribution in [0.5, 0.6) is 0 Å². The van der Waals surface area contributed by atoms with Crippen molar-refractivity contribution in [2.24, 2.45) is 0 Å². The molecule has 3 N–H and O–H groups in total. The zero-order valence-electron chi connectivity index (χ0n) is 12.9. The summed E-state index contributed by atoms with van der Waals surface area (Å²) in [6.07, 6.45) is 2.04. The number of rotatable bonds is 7. The van der Waals surface area contributed by atoms with Crippen molar-refractivity contribution < 1.29 is 9.53 Å². The van der Waals surface area contributed by atoms with E-state index in [1.165, 1.54) is 11.3 Å². The van der Waals surface area contributed by atoms with Crippen LogP contribution < -0.4 is 16.0 Å². The molecular weight excluding hydrogens is 288 g/mol. The van der Waals surface area contributed by atoms with Crippen LogP contribution in [0.1, 0.15) is 43.3 Å². The van der Waals surface area contributed by atoms with Crippen molar-refractivity contribution in [2.75, 3.05) is 30.3 Å². The van der Waals surface area contributed by atoms with Crippen molar-refractivity contribution in [1.29, 1.82) is 0 Å². The third kappa shape index (κ3) is 3.65. The number of nitrogens with one attached hydrogen (secondary N) is 1. The number of amides is 1. The average Bonchev–Trinajstić information content (AvgIpc) is 2.80. The van der Waals surface area contributed by atoms with E-state index in [2.05, 4.69) is 29.0 Å². The van der Waals surface area contributed by atoms with Crippen LogP contribution in [-0.4, -0.2) is 42.7 Å². The van der Waals surface area contributed by atoms with E-state index in [0.29, 0.717) is 10.7 Å². The van der Waals surface area contributed by atoms with Gasteiger partial charge in [-0.3, -0.25) is 4.79 Å². The average molecular weight is 312 g/mol.